The smallest absolute Gasteiger partial charge is 0.256 e. The van der Waals surface area contributed by atoms with Crippen LogP contribution in [0.25, 0.3) is 0 Å². The van der Waals surface area contributed by atoms with Crippen molar-refractivity contribution < 1.29 is 14.3 Å². The number of carbonyl (C=O) groups is 2. The summed E-state index contributed by atoms with van der Waals surface area (Å²) in [5.74, 6) is 0.731. The lowest BCUT2D eigenvalue weighted by molar-refractivity contribution is -0.121. The number of nitrogens with zero attached hydrogens (tertiary/aromatic N) is 1. The van der Waals surface area contributed by atoms with Gasteiger partial charge in [0.1, 0.15) is 5.75 Å². The third-order valence-corrected chi connectivity index (χ3v) is 7.25. The van der Waals surface area contributed by atoms with Gasteiger partial charge in [-0.1, -0.05) is 33.6 Å². The molecule has 1 fully saturated rings. The van der Waals surface area contributed by atoms with Crippen LogP contribution < -0.4 is 10.1 Å². The fourth-order valence-corrected chi connectivity index (χ4v) is 5.17. The second-order valence-electron chi connectivity index (χ2n) is 7.99. The highest BCUT2D eigenvalue weighted by atomic mass is 79.9. The average molecular weight is 492 g/mol. The van der Waals surface area contributed by atoms with Gasteiger partial charge in [0, 0.05) is 34.7 Å². The highest BCUT2D eigenvalue weighted by Gasteiger charge is 2.38. The van der Waals surface area contributed by atoms with Crippen molar-refractivity contribution in [3.05, 3.63) is 56.5 Å². The van der Waals surface area contributed by atoms with Gasteiger partial charge >= 0.3 is 0 Å². The molecule has 4 rings (SSSR count). The molecule has 0 radical (unpaired) electrons. The van der Waals surface area contributed by atoms with Crippen LogP contribution in [-0.4, -0.2) is 29.9 Å². The van der Waals surface area contributed by atoms with Gasteiger partial charge in [0.05, 0.1) is 17.7 Å². The number of fused-ring (bicyclic) bond motifs is 1. The van der Waals surface area contributed by atoms with E-state index < -0.39 is 0 Å². The second kappa shape index (κ2) is 8.60. The van der Waals surface area contributed by atoms with E-state index in [1.807, 2.05) is 36.1 Å². The topological polar surface area (TPSA) is 58.6 Å². The van der Waals surface area contributed by atoms with Crippen molar-refractivity contribution in [3.63, 3.8) is 0 Å². The zero-order chi connectivity index (χ0) is 21.4. The predicted octanol–water partition coefficient (Wildman–Crippen LogP) is 5.57. The first-order valence-corrected chi connectivity index (χ1v) is 11.3. The van der Waals surface area contributed by atoms with Gasteiger partial charge in [0.25, 0.3) is 5.91 Å². The second-order valence-corrected chi connectivity index (χ2v) is 9.26. The first kappa shape index (κ1) is 21.2. The van der Waals surface area contributed by atoms with Crippen LogP contribution in [0.2, 0.25) is 5.02 Å². The molecule has 5 nitrogen and oxygen atoms in total. The number of amides is 2. The monoisotopic (exact) mass is 490 g/mol. The Balaban J connectivity index is 1.37. The molecule has 30 heavy (non-hydrogen) atoms. The van der Waals surface area contributed by atoms with Gasteiger partial charge in [-0.15, -0.1) is 0 Å². The number of carbonyl (C=O) groups excluding carboxylic acids is 2. The minimum atomic E-state index is -0.0519. The Hall–Kier alpha value is -2.05. The van der Waals surface area contributed by atoms with E-state index in [1.165, 1.54) is 0 Å². The standard InChI is InChI=1S/C23H24BrClN2O3/c1-13-3-6-15(11-20(13)30-2)26-22(28)14-4-7-16(8-5-14)27-12-17-18(24)9-10-19(25)21(17)23(27)29/h3,6,9-11,14,16H,4-5,7-8,12H2,1-2H3,(H,26,28). The van der Waals surface area contributed by atoms with Gasteiger partial charge in [-0.25, -0.2) is 0 Å². The maximum Gasteiger partial charge on any atom is 0.256 e. The lowest BCUT2D eigenvalue weighted by Crippen LogP contribution is -2.40. The van der Waals surface area contributed by atoms with Crippen LogP contribution in [0, 0.1) is 12.8 Å². The quantitative estimate of drug-likeness (QED) is 0.608. The lowest BCUT2D eigenvalue weighted by Gasteiger charge is -2.34. The highest BCUT2D eigenvalue weighted by Crippen LogP contribution is 2.38. The Morgan fingerprint density at radius 3 is 2.60 bits per heavy atom. The molecule has 1 heterocycles. The zero-order valence-electron chi connectivity index (χ0n) is 17.0. The summed E-state index contributed by atoms with van der Waals surface area (Å²) in [7, 11) is 1.62. The molecule has 0 atom stereocenters. The highest BCUT2D eigenvalue weighted by molar-refractivity contribution is 9.10. The molecule has 158 valence electrons. The van der Waals surface area contributed by atoms with Crippen molar-refractivity contribution in [1.29, 1.82) is 0 Å². The SMILES string of the molecule is COc1cc(NC(=O)C2CCC(N3Cc4c(Br)ccc(Cl)c4C3=O)CC2)ccc1C. The normalized spacial score (nSPS) is 20.8. The van der Waals surface area contributed by atoms with Gasteiger partial charge in [-0.3, -0.25) is 9.59 Å². The Labute approximate surface area is 189 Å². The van der Waals surface area contributed by atoms with E-state index in [9.17, 15) is 9.59 Å². The number of rotatable bonds is 4. The lowest BCUT2D eigenvalue weighted by atomic mass is 9.84. The molecule has 0 aromatic heterocycles. The van der Waals surface area contributed by atoms with E-state index in [4.69, 9.17) is 16.3 Å². The molecule has 2 amide bonds. The molecule has 7 heteroatoms. The molecule has 2 aromatic rings. The van der Waals surface area contributed by atoms with Crippen LogP contribution in [0.3, 0.4) is 0 Å². The molecule has 1 saturated carbocycles. The van der Waals surface area contributed by atoms with E-state index in [2.05, 4.69) is 21.2 Å². The molecule has 2 aromatic carbocycles. The average Bonchev–Trinajstić information content (AvgIpc) is 3.10. The largest absolute Gasteiger partial charge is 0.496 e. The molecule has 0 bridgehead atoms. The van der Waals surface area contributed by atoms with Gasteiger partial charge in [0.15, 0.2) is 0 Å². The van der Waals surface area contributed by atoms with Crippen LogP contribution in [0.4, 0.5) is 5.69 Å². The number of benzene rings is 2. The Morgan fingerprint density at radius 1 is 1.20 bits per heavy atom. The summed E-state index contributed by atoms with van der Waals surface area (Å²) >= 11 is 9.82. The number of aryl methyl sites for hydroxylation is 1. The fourth-order valence-electron chi connectivity index (χ4n) is 4.45. The Kier molecular flexibility index (Phi) is 6.07. The summed E-state index contributed by atoms with van der Waals surface area (Å²) in [6.07, 6.45) is 3.14. The summed E-state index contributed by atoms with van der Waals surface area (Å²) < 4.78 is 6.25. The number of ether oxygens (including phenoxy) is 1. The number of halogens is 2. The number of methoxy groups -OCH3 is 1. The van der Waals surface area contributed by atoms with Crippen molar-refractivity contribution in [1.82, 2.24) is 4.90 Å². The molecular weight excluding hydrogens is 468 g/mol. The van der Waals surface area contributed by atoms with Crippen LogP contribution in [0.1, 0.15) is 47.2 Å². The third kappa shape index (κ3) is 3.95. The minimum absolute atomic E-state index is 0.00375. The van der Waals surface area contributed by atoms with E-state index in [-0.39, 0.29) is 23.8 Å². The first-order chi connectivity index (χ1) is 14.4. The molecular formula is C23H24BrClN2O3. The maximum absolute atomic E-state index is 12.9. The van der Waals surface area contributed by atoms with Crippen LogP contribution in [0.5, 0.6) is 5.75 Å². The number of anilines is 1. The molecule has 0 saturated heterocycles. The van der Waals surface area contributed by atoms with E-state index in [0.717, 1.165) is 52.7 Å². The van der Waals surface area contributed by atoms with Crippen LogP contribution in [0.15, 0.2) is 34.8 Å². The predicted molar refractivity (Wildman–Crippen MR) is 121 cm³/mol. The molecule has 1 aliphatic carbocycles. The molecule has 1 N–H and O–H groups in total. The van der Waals surface area contributed by atoms with Crippen molar-refractivity contribution in [2.45, 2.75) is 45.2 Å². The van der Waals surface area contributed by atoms with Gasteiger partial charge < -0.3 is 15.0 Å². The summed E-state index contributed by atoms with van der Waals surface area (Å²) in [5.41, 5.74) is 3.34. The minimum Gasteiger partial charge on any atom is -0.496 e. The number of hydrogen-bond acceptors (Lipinski definition) is 3. The van der Waals surface area contributed by atoms with E-state index >= 15 is 0 Å². The summed E-state index contributed by atoms with van der Waals surface area (Å²) in [6.45, 7) is 2.54. The van der Waals surface area contributed by atoms with Crippen LogP contribution >= 0.6 is 27.5 Å². The molecule has 1 aliphatic heterocycles. The fraction of sp³-hybridized carbons (Fsp3) is 0.391. The summed E-state index contributed by atoms with van der Waals surface area (Å²) in [4.78, 5) is 27.6. The van der Waals surface area contributed by atoms with Crippen molar-refractivity contribution >= 4 is 45.0 Å². The molecule has 0 spiro atoms. The van der Waals surface area contributed by atoms with Crippen molar-refractivity contribution in [2.75, 3.05) is 12.4 Å². The van der Waals surface area contributed by atoms with Gasteiger partial charge in [-0.05, 0) is 61.9 Å². The summed E-state index contributed by atoms with van der Waals surface area (Å²) in [6, 6.07) is 9.46. The third-order valence-electron chi connectivity index (χ3n) is 6.19. The number of nitrogens with one attached hydrogen (secondary N) is 1. The molecule has 0 unspecified atom stereocenters. The number of hydrogen-bond donors (Lipinski definition) is 1. The summed E-state index contributed by atoms with van der Waals surface area (Å²) in [5, 5.41) is 3.51. The van der Waals surface area contributed by atoms with Crippen molar-refractivity contribution in [3.8, 4) is 5.75 Å². The first-order valence-electron chi connectivity index (χ1n) is 10.1. The Morgan fingerprint density at radius 2 is 1.93 bits per heavy atom. The van der Waals surface area contributed by atoms with Gasteiger partial charge in [-0.2, -0.15) is 0 Å². The maximum atomic E-state index is 12.9. The van der Waals surface area contributed by atoms with E-state index in [1.54, 1.807) is 13.2 Å². The van der Waals surface area contributed by atoms with Crippen molar-refractivity contribution in [2.24, 2.45) is 5.92 Å². The zero-order valence-corrected chi connectivity index (χ0v) is 19.3. The molecule has 2 aliphatic rings. The van der Waals surface area contributed by atoms with Crippen LogP contribution in [-0.2, 0) is 11.3 Å². The van der Waals surface area contributed by atoms with Gasteiger partial charge in [0.2, 0.25) is 5.91 Å². The Bertz CT molecular complexity index is 1000. The van der Waals surface area contributed by atoms with E-state index in [0.29, 0.717) is 17.1 Å².